The van der Waals surface area contributed by atoms with Crippen molar-refractivity contribution in [2.75, 3.05) is 18.1 Å². The van der Waals surface area contributed by atoms with Crippen LogP contribution in [0.15, 0.2) is 42.0 Å². The minimum absolute atomic E-state index is 0.0338. The van der Waals surface area contributed by atoms with E-state index in [0.717, 1.165) is 22.9 Å². The molecule has 5 nitrogen and oxygen atoms in total. The summed E-state index contributed by atoms with van der Waals surface area (Å²) in [5.41, 5.74) is 2.10. The van der Waals surface area contributed by atoms with Crippen LogP contribution in [-0.2, 0) is 4.79 Å². The zero-order valence-corrected chi connectivity index (χ0v) is 16.8. The molecule has 2 unspecified atom stereocenters. The van der Waals surface area contributed by atoms with Crippen molar-refractivity contribution in [3.63, 3.8) is 0 Å². The number of anilines is 1. The standard InChI is InChI=1S/C24H28N2O3/c1-17-4-2-3-11-26(17)22-8-7-19-12-18(5-6-20(19)14-22)13-21(15-25)24(29)10-9-23(28)16-27/h5-8,12-14,17,23,27-28H,2-4,9-11,16H2,1H3/b21-13+. The Morgan fingerprint density at radius 2 is 2.03 bits per heavy atom. The quantitative estimate of drug-likeness (QED) is 0.553. The Morgan fingerprint density at radius 1 is 1.28 bits per heavy atom. The lowest BCUT2D eigenvalue weighted by Crippen LogP contribution is -2.37. The Balaban J connectivity index is 1.80. The molecule has 0 amide bonds. The molecule has 5 heteroatoms. The minimum Gasteiger partial charge on any atom is -0.394 e. The van der Waals surface area contributed by atoms with Gasteiger partial charge in [0.15, 0.2) is 5.78 Å². The predicted octanol–water partition coefficient (Wildman–Crippen LogP) is 3.83. The molecule has 1 fully saturated rings. The van der Waals surface area contributed by atoms with Crippen molar-refractivity contribution < 1.29 is 15.0 Å². The molecule has 2 atom stereocenters. The first-order valence-electron chi connectivity index (χ1n) is 10.3. The predicted molar refractivity (Wildman–Crippen MR) is 116 cm³/mol. The van der Waals surface area contributed by atoms with Crippen molar-refractivity contribution in [1.82, 2.24) is 0 Å². The maximum absolute atomic E-state index is 12.2. The van der Waals surface area contributed by atoms with Crippen LogP contribution in [-0.4, -0.2) is 41.3 Å². The highest BCUT2D eigenvalue weighted by Crippen LogP contribution is 2.28. The van der Waals surface area contributed by atoms with Gasteiger partial charge in [-0.05, 0) is 73.2 Å². The third-order valence-electron chi connectivity index (χ3n) is 5.63. The van der Waals surface area contributed by atoms with Gasteiger partial charge in [0.1, 0.15) is 6.07 Å². The molecule has 0 saturated carbocycles. The molecule has 1 saturated heterocycles. The van der Waals surface area contributed by atoms with E-state index in [1.165, 1.54) is 24.9 Å². The number of hydrogen-bond acceptors (Lipinski definition) is 5. The summed E-state index contributed by atoms with van der Waals surface area (Å²) in [6, 6.07) is 14.9. The first-order valence-corrected chi connectivity index (χ1v) is 10.3. The summed E-state index contributed by atoms with van der Waals surface area (Å²) in [4.78, 5) is 14.7. The van der Waals surface area contributed by atoms with Crippen LogP contribution < -0.4 is 4.90 Å². The number of ketones is 1. The van der Waals surface area contributed by atoms with Crippen LogP contribution in [0.3, 0.4) is 0 Å². The Morgan fingerprint density at radius 3 is 2.76 bits per heavy atom. The Bertz CT molecular complexity index is 945. The van der Waals surface area contributed by atoms with Crippen LogP contribution in [0.5, 0.6) is 0 Å². The number of rotatable bonds is 7. The molecule has 29 heavy (non-hydrogen) atoms. The molecule has 0 aromatic heterocycles. The number of nitrogens with zero attached hydrogens (tertiary/aromatic N) is 2. The summed E-state index contributed by atoms with van der Waals surface area (Å²) < 4.78 is 0. The lowest BCUT2D eigenvalue weighted by molar-refractivity contribution is -0.115. The molecule has 0 radical (unpaired) electrons. The van der Waals surface area contributed by atoms with E-state index in [1.807, 2.05) is 24.3 Å². The lowest BCUT2D eigenvalue weighted by atomic mass is 9.99. The first-order chi connectivity index (χ1) is 14.0. The highest BCUT2D eigenvalue weighted by atomic mass is 16.3. The number of aliphatic hydroxyl groups excluding tert-OH is 2. The molecular formula is C24H28N2O3. The van der Waals surface area contributed by atoms with Crippen LogP contribution in [0, 0.1) is 11.3 Å². The van der Waals surface area contributed by atoms with Gasteiger partial charge in [-0.15, -0.1) is 0 Å². The van der Waals surface area contributed by atoms with Crippen molar-refractivity contribution in [3.8, 4) is 6.07 Å². The summed E-state index contributed by atoms with van der Waals surface area (Å²) in [5, 5.41) is 29.8. The van der Waals surface area contributed by atoms with Crippen molar-refractivity contribution >= 4 is 28.3 Å². The molecule has 2 aromatic carbocycles. The highest BCUT2D eigenvalue weighted by Gasteiger charge is 2.18. The van der Waals surface area contributed by atoms with Crippen LogP contribution in [0.2, 0.25) is 0 Å². The van der Waals surface area contributed by atoms with E-state index in [2.05, 4.69) is 30.0 Å². The average molecular weight is 392 g/mol. The van der Waals surface area contributed by atoms with E-state index in [4.69, 9.17) is 5.11 Å². The van der Waals surface area contributed by atoms with Gasteiger partial charge in [0.2, 0.25) is 0 Å². The second-order valence-electron chi connectivity index (χ2n) is 7.80. The van der Waals surface area contributed by atoms with Crippen LogP contribution in [0.25, 0.3) is 16.8 Å². The van der Waals surface area contributed by atoms with Crippen molar-refractivity contribution in [2.24, 2.45) is 0 Å². The number of benzene rings is 2. The fourth-order valence-electron chi connectivity index (χ4n) is 3.87. The third kappa shape index (κ3) is 5.23. The van der Waals surface area contributed by atoms with E-state index >= 15 is 0 Å². The lowest BCUT2D eigenvalue weighted by Gasteiger charge is -2.35. The summed E-state index contributed by atoms with van der Waals surface area (Å²) in [6.07, 6.45) is 4.58. The number of piperidine rings is 1. The maximum atomic E-state index is 12.2. The molecule has 0 aliphatic carbocycles. The number of allylic oxidation sites excluding steroid dienone is 1. The minimum atomic E-state index is -0.934. The highest BCUT2D eigenvalue weighted by molar-refractivity contribution is 6.03. The largest absolute Gasteiger partial charge is 0.394 e. The Labute approximate surface area is 171 Å². The third-order valence-corrected chi connectivity index (χ3v) is 5.63. The smallest absolute Gasteiger partial charge is 0.173 e. The number of Topliss-reactive ketones (excluding diaryl/α,β-unsaturated/α-hetero) is 1. The summed E-state index contributed by atoms with van der Waals surface area (Å²) in [5.74, 6) is -0.325. The molecular weight excluding hydrogens is 364 g/mol. The zero-order chi connectivity index (χ0) is 20.8. The number of carbonyl (C=O) groups is 1. The topological polar surface area (TPSA) is 84.6 Å². The molecule has 1 heterocycles. The molecule has 152 valence electrons. The van der Waals surface area contributed by atoms with Gasteiger partial charge in [-0.25, -0.2) is 0 Å². The summed E-state index contributed by atoms with van der Waals surface area (Å²) in [7, 11) is 0. The van der Waals surface area contributed by atoms with E-state index < -0.39 is 6.10 Å². The number of carbonyl (C=O) groups excluding carboxylic acids is 1. The van der Waals surface area contributed by atoms with Crippen LogP contribution in [0.1, 0.15) is 44.6 Å². The Kier molecular flexibility index (Phi) is 7.03. The number of fused-ring (bicyclic) bond motifs is 1. The van der Waals surface area contributed by atoms with Gasteiger partial charge in [0.05, 0.1) is 18.3 Å². The van der Waals surface area contributed by atoms with Gasteiger partial charge in [-0.3, -0.25) is 4.79 Å². The monoisotopic (exact) mass is 392 g/mol. The Hall–Kier alpha value is -2.68. The van der Waals surface area contributed by atoms with E-state index in [1.54, 1.807) is 6.08 Å². The molecule has 0 bridgehead atoms. The zero-order valence-electron chi connectivity index (χ0n) is 16.8. The fraction of sp³-hybridized carbons (Fsp3) is 0.417. The van der Waals surface area contributed by atoms with E-state index in [-0.39, 0.29) is 30.8 Å². The normalized spacial score (nSPS) is 18.5. The van der Waals surface area contributed by atoms with Gasteiger partial charge >= 0.3 is 0 Å². The van der Waals surface area contributed by atoms with Gasteiger partial charge in [0.25, 0.3) is 0 Å². The van der Waals surface area contributed by atoms with E-state index in [9.17, 15) is 15.2 Å². The van der Waals surface area contributed by atoms with Crippen molar-refractivity contribution in [2.45, 2.75) is 51.2 Å². The second-order valence-corrected chi connectivity index (χ2v) is 7.80. The van der Waals surface area contributed by atoms with Gasteiger partial charge in [-0.1, -0.05) is 18.2 Å². The van der Waals surface area contributed by atoms with Crippen LogP contribution >= 0.6 is 0 Å². The van der Waals surface area contributed by atoms with Crippen LogP contribution in [0.4, 0.5) is 5.69 Å². The van der Waals surface area contributed by atoms with Gasteiger partial charge in [-0.2, -0.15) is 5.26 Å². The molecule has 0 spiro atoms. The molecule has 3 rings (SSSR count). The SMILES string of the molecule is CC1CCCCN1c1ccc2cc(/C=C(\C#N)C(=O)CCC(O)CO)ccc2c1. The second kappa shape index (κ2) is 9.69. The van der Waals surface area contributed by atoms with Crippen molar-refractivity contribution in [3.05, 3.63) is 47.5 Å². The maximum Gasteiger partial charge on any atom is 0.173 e. The summed E-state index contributed by atoms with van der Waals surface area (Å²) >= 11 is 0. The molecule has 2 aromatic rings. The number of aliphatic hydroxyl groups is 2. The number of nitriles is 1. The summed E-state index contributed by atoms with van der Waals surface area (Å²) in [6.45, 7) is 2.98. The molecule has 1 aliphatic heterocycles. The van der Waals surface area contributed by atoms with Crippen molar-refractivity contribution in [1.29, 1.82) is 5.26 Å². The van der Waals surface area contributed by atoms with Gasteiger partial charge < -0.3 is 15.1 Å². The molecule has 1 aliphatic rings. The first kappa shape index (κ1) is 21.0. The fourth-order valence-corrected chi connectivity index (χ4v) is 3.87. The average Bonchev–Trinajstić information content (AvgIpc) is 2.75. The van der Waals surface area contributed by atoms with E-state index in [0.29, 0.717) is 6.04 Å². The number of hydrogen-bond donors (Lipinski definition) is 2. The van der Waals surface area contributed by atoms with Gasteiger partial charge in [0, 0.05) is 24.7 Å². The molecule has 2 N–H and O–H groups in total.